The van der Waals surface area contributed by atoms with Crippen LogP contribution in [0.1, 0.15) is 12.5 Å². The van der Waals surface area contributed by atoms with Gasteiger partial charge >= 0.3 is 5.97 Å². The van der Waals surface area contributed by atoms with E-state index in [2.05, 4.69) is 10.6 Å². The second-order valence-corrected chi connectivity index (χ2v) is 4.69. The van der Waals surface area contributed by atoms with Crippen LogP contribution in [-0.4, -0.2) is 43.4 Å². The Balaban J connectivity index is 2.58. The quantitative estimate of drug-likeness (QED) is 0.526. The maximum atomic E-state index is 11.8. The number of nitrogens with zero attached hydrogens (tertiary/aromatic N) is 1. The summed E-state index contributed by atoms with van der Waals surface area (Å²) in [4.78, 5) is 23.1. The smallest absolute Gasteiger partial charge is 0.319 e. The Labute approximate surface area is 134 Å². The molecule has 0 saturated carbocycles. The summed E-state index contributed by atoms with van der Waals surface area (Å²) in [6, 6.07) is 8.16. The highest BCUT2D eigenvalue weighted by atomic mass is 35.5. The van der Waals surface area contributed by atoms with Crippen LogP contribution in [0, 0.1) is 11.3 Å². The van der Waals surface area contributed by atoms with Crippen molar-refractivity contribution in [3.05, 3.63) is 29.8 Å². The first-order chi connectivity index (χ1) is 10.6. The number of hydrogen-bond donors (Lipinski definition) is 2. The van der Waals surface area contributed by atoms with Gasteiger partial charge in [0, 0.05) is 12.2 Å². The predicted molar refractivity (Wildman–Crippen MR) is 83.8 cm³/mol. The molecule has 2 N–H and O–H groups in total. The lowest BCUT2D eigenvalue weighted by atomic mass is 10.1. The molecule has 0 aromatic heterocycles. The standard InChI is InChI=1S/C15H18ClN3O3/c1-2-22-15(21)10-18-9-13(14(20)7-16)19-12-5-3-11(8-17)4-6-12/h3-6,13,18-19H,2,7,9-10H2,1H3. The molecule has 0 fully saturated rings. The first-order valence-electron chi connectivity index (χ1n) is 6.82. The molecule has 0 radical (unpaired) electrons. The molecular weight excluding hydrogens is 306 g/mol. The van der Waals surface area contributed by atoms with E-state index in [1.807, 2.05) is 6.07 Å². The summed E-state index contributed by atoms with van der Waals surface area (Å²) in [5.41, 5.74) is 1.23. The van der Waals surface area contributed by atoms with Crippen LogP contribution in [0.3, 0.4) is 0 Å². The van der Waals surface area contributed by atoms with Crippen LogP contribution in [0.2, 0.25) is 0 Å². The molecule has 7 heteroatoms. The van der Waals surface area contributed by atoms with Gasteiger partial charge in [0.1, 0.15) is 0 Å². The number of ketones is 1. The summed E-state index contributed by atoms with van der Waals surface area (Å²) in [6.07, 6.45) is 0. The molecule has 0 aliphatic heterocycles. The first-order valence-corrected chi connectivity index (χ1v) is 7.35. The van der Waals surface area contributed by atoms with Crippen molar-refractivity contribution in [2.45, 2.75) is 13.0 Å². The molecule has 0 saturated heterocycles. The Hall–Kier alpha value is -2.10. The number of benzene rings is 1. The summed E-state index contributed by atoms with van der Waals surface area (Å²) in [6.45, 7) is 2.30. The van der Waals surface area contributed by atoms with Gasteiger partial charge in [-0.05, 0) is 31.2 Å². The molecule has 0 bridgehead atoms. The zero-order valence-electron chi connectivity index (χ0n) is 12.3. The van der Waals surface area contributed by atoms with Gasteiger partial charge in [-0.15, -0.1) is 11.6 Å². The first kappa shape index (κ1) is 18.0. The van der Waals surface area contributed by atoms with E-state index in [1.54, 1.807) is 31.2 Å². The number of nitrogens with one attached hydrogen (secondary N) is 2. The van der Waals surface area contributed by atoms with Crippen molar-refractivity contribution < 1.29 is 14.3 Å². The number of alkyl halides is 1. The van der Waals surface area contributed by atoms with Gasteiger partial charge in [0.2, 0.25) is 0 Å². The largest absolute Gasteiger partial charge is 0.465 e. The van der Waals surface area contributed by atoms with Crippen molar-refractivity contribution >= 4 is 29.0 Å². The Kier molecular flexibility index (Phi) is 7.97. The Morgan fingerprint density at radius 1 is 1.36 bits per heavy atom. The second kappa shape index (κ2) is 9.77. The third-order valence-corrected chi connectivity index (χ3v) is 3.06. The lowest BCUT2D eigenvalue weighted by Gasteiger charge is -2.18. The van der Waals surface area contributed by atoms with Gasteiger partial charge in [-0.1, -0.05) is 0 Å². The maximum Gasteiger partial charge on any atom is 0.319 e. The van der Waals surface area contributed by atoms with Crippen LogP contribution in [0.15, 0.2) is 24.3 Å². The number of rotatable bonds is 9. The minimum atomic E-state index is -0.570. The van der Waals surface area contributed by atoms with Gasteiger partial charge in [-0.25, -0.2) is 0 Å². The van der Waals surface area contributed by atoms with Gasteiger partial charge in [0.05, 0.1) is 36.7 Å². The van der Waals surface area contributed by atoms with Gasteiger partial charge in [0.15, 0.2) is 5.78 Å². The third kappa shape index (κ3) is 6.12. The fourth-order valence-corrected chi connectivity index (χ4v) is 1.90. The highest BCUT2D eigenvalue weighted by molar-refractivity contribution is 6.28. The normalized spacial score (nSPS) is 11.3. The number of carbonyl (C=O) groups is 2. The van der Waals surface area contributed by atoms with E-state index in [1.165, 1.54) is 0 Å². The van der Waals surface area contributed by atoms with E-state index in [4.69, 9.17) is 21.6 Å². The molecule has 0 spiro atoms. The Bertz CT molecular complexity index is 540. The van der Waals surface area contributed by atoms with E-state index >= 15 is 0 Å². The molecule has 0 amide bonds. The second-order valence-electron chi connectivity index (χ2n) is 4.42. The molecule has 0 heterocycles. The van der Waals surface area contributed by atoms with Crippen molar-refractivity contribution in [1.82, 2.24) is 5.32 Å². The van der Waals surface area contributed by atoms with Crippen LogP contribution in [-0.2, 0) is 14.3 Å². The van der Waals surface area contributed by atoms with E-state index in [9.17, 15) is 9.59 Å². The number of anilines is 1. The van der Waals surface area contributed by atoms with Crippen molar-refractivity contribution in [3.8, 4) is 6.07 Å². The number of esters is 1. The molecule has 1 atom stereocenters. The van der Waals surface area contributed by atoms with Crippen LogP contribution < -0.4 is 10.6 Å². The molecule has 0 aliphatic carbocycles. The van der Waals surface area contributed by atoms with E-state index in [-0.39, 0.29) is 30.7 Å². The molecule has 22 heavy (non-hydrogen) atoms. The summed E-state index contributed by atoms with van der Waals surface area (Å²) in [5.74, 6) is -0.699. The fourth-order valence-electron chi connectivity index (χ4n) is 1.71. The van der Waals surface area contributed by atoms with Crippen LogP contribution in [0.5, 0.6) is 0 Å². The molecule has 1 aromatic rings. The van der Waals surface area contributed by atoms with Gasteiger partial charge in [-0.2, -0.15) is 5.26 Å². The predicted octanol–water partition coefficient (Wildman–Crippen LogP) is 1.30. The summed E-state index contributed by atoms with van der Waals surface area (Å²) in [5, 5.41) is 14.6. The topological polar surface area (TPSA) is 91.2 Å². The number of halogens is 1. The number of hydrogen-bond acceptors (Lipinski definition) is 6. The summed E-state index contributed by atoms with van der Waals surface area (Å²) < 4.78 is 4.79. The highest BCUT2D eigenvalue weighted by Crippen LogP contribution is 2.10. The lowest BCUT2D eigenvalue weighted by molar-refractivity contribution is -0.142. The minimum absolute atomic E-state index is 0.0228. The van der Waals surface area contributed by atoms with Crippen LogP contribution in [0.4, 0.5) is 5.69 Å². The van der Waals surface area contributed by atoms with E-state index in [0.717, 1.165) is 0 Å². The Morgan fingerprint density at radius 3 is 2.59 bits per heavy atom. The van der Waals surface area contributed by atoms with E-state index in [0.29, 0.717) is 17.9 Å². The van der Waals surface area contributed by atoms with E-state index < -0.39 is 6.04 Å². The summed E-state index contributed by atoms with van der Waals surface area (Å²) >= 11 is 5.60. The average molecular weight is 324 g/mol. The number of Topliss-reactive ketones (excluding diaryl/α,β-unsaturated/α-hetero) is 1. The van der Waals surface area contributed by atoms with Crippen molar-refractivity contribution in [1.29, 1.82) is 5.26 Å². The van der Waals surface area contributed by atoms with Gasteiger partial charge < -0.3 is 15.4 Å². The average Bonchev–Trinajstić information content (AvgIpc) is 2.54. The molecular formula is C15H18ClN3O3. The van der Waals surface area contributed by atoms with Crippen molar-refractivity contribution in [2.24, 2.45) is 0 Å². The SMILES string of the molecule is CCOC(=O)CNCC(Nc1ccc(C#N)cc1)C(=O)CCl. The minimum Gasteiger partial charge on any atom is -0.465 e. The number of nitriles is 1. The number of carbonyl (C=O) groups excluding carboxylic acids is 2. The molecule has 1 rings (SSSR count). The molecule has 1 aromatic carbocycles. The third-order valence-electron chi connectivity index (χ3n) is 2.80. The number of ether oxygens (including phenoxy) is 1. The monoisotopic (exact) mass is 323 g/mol. The van der Waals surface area contributed by atoms with Crippen LogP contribution >= 0.6 is 11.6 Å². The lowest BCUT2D eigenvalue weighted by Crippen LogP contribution is -2.42. The molecule has 6 nitrogen and oxygen atoms in total. The molecule has 0 aliphatic rings. The van der Waals surface area contributed by atoms with Gasteiger partial charge in [-0.3, -0.25) is 9.59 Å². The zero-order valence-corrected chi connectivity index (χ0v) is 13.0. The molecule has 118 valence electrons. The fraction of sp³-hybridized carbons (Fsp3) is 0.400. The zero-order chi connectivity index (χ0) is 16.4. The van der Waals surface area contributed by atoms with Gasteiger partial charge in [0.25, 0.3) is 0 Å². The van der Waals surface area contributed by atoms with Crippen molar-refractivity contribution in [2.75, 3.05) is 30.9 Å². The maximum absolute atomic E-state index is 11.8. The Morgan fingerprint density at radius 2 is 2.05 bits per heavy atom. The van der Waals surface area contributed by atoms with Crippen molar-refractivity contribution in [3.63, 3.8) is 0 Å². The molecule has 1 unspecified atom stereocenters. The highest BCUT2D eigenvalue weighted by Gasteiger charge is 2.17. The van der Waals surface area contributed by atoms with Crippen LogP contribution in [0.25, 0.3) is 0 Å². The summed E-state index contributed by atoms with van der Waals surface area (Å²) in [7, 11) is 0.